The molecule has 0 bridgehead atoms. The largest absolute Gasteiger partial charge is 0.465 e. The number of carbonyl (C=O) groups is 1. The molecule has 20 heavy (non-hydrogen) atoms. The Morgan fingerprint density at radius 3 is 2.55 bits per heavy atom. The van der Waals surface area contributed by atoms with Crippen molar-refractivity contribution in [1.82, 2.24) is 9.80 Å². The number of piperidine rings is 1. The Morgan fingerprint density at radius 1 is 1.30 bits per heavy atom. The van der Waals surface area contributed by atoms with Gasteiger partial charge in [0.2, 0.25) is 0 Å². The average Bonchev–Trinajstić information content (AvgIpc) is 2.46. The van der Waals surface area contributed by atoms with Crippen molar-refractivity contribution in [1.29, 1.82) is 0 Å². The molecule has 110 valence electrons. The van der Waals surface area contributed by atoms with Crippen molar-refractivity contribution in [3.05, 3.63) is 35.9 Å². The molecule has 1 aromatic rings. The van der Waals surface area contributed by atoms with Gasteiger partial charge in [0.25, 0.3) is 0 Å². The van der Waals surface area contributed by atoms with E-state index in [1.807, 2.05) is 6.07 Å². The van der Waals surface area contributed by atoms with Crippen LogP contribution in [0.1, 0.15) is 24.8 Å². The zero-order chi connectivity index (χ0) is 14.4. The summed E-state index contributed by atoms with van der Waals surface area (Å²) in [6.45, 7) is 3.45. The first kappa shape index (κ1) is 14.9. The van der Waals surface area contributed by atoms with E-state index in [2.05, 4.69) is 36.2 Å². The molecule has 1 aliphatic rings. The van der Waals surface area contributed by atoms with Crippen molar-refractivity contribution in [3.8, 4) is 0 Å². The summed E-state index contributed by atoms with van der Waals surface area (Å²) < 4.78 is 0. The molecule has 4 heteroatoms. The van der Waals surface area contributed by atoms with Gasteiger partial charge >= 0.3 is 6.09 Å². The van der Waals surface area contributed by atoms with Crippen LogP contribution in [0.3, 0.4) is 0 Å². The molecular formula is C16H24N2O2. The molecule has 1 saturated heterocycles. The zero-order valence-electron chi connectivity index (χ0n) is 12.2. The van der Waals surface area contributed by atoms with Crippen LogP contribution in [0.2, 0.25) is 0 Å². The van der Waals surface area contributed by atoms with Crippen molar-refractivity contribution in [2.45, 2.75) is 25.8 Å². The number of likely N-dealkylation sites (tertiary alicyclic amines) is 1. The second-order valence-electron chi connectivity index (χ2n) is 5.73. The first-order valence-electron chi connectivity index (χ1n) is 7.35. The minimum Gasteiger partial charge on any atom is -0.465 e. The highest BCUT2D eigenvalue weighted by molar-refractivity contribution is 5.64. The summed E-state index contributed by atoms with van der Waals surface area (Å²) >= 11 is 0. The monoisotopic (exact) mass is 276 g/mol. The van der Waals surface area contributed by atoms with Crippen LogP contribution in [0, 0.1) is 5.92 Å². The molecule has 0 unspecified atom stereocenters. The highest BCUT2D eigenvalue weighted by Gasteiger charge is 2.22. The number of rotatable bonds is 5. The SMILES string of the molecule is CN(CCC1CCN(C(=O)O)CC1)Cc1ccccc1. The van der Waals surface area contributed by atoms with Gasteiger partial charge in [0, 0.05) is 19.6 Å². The van der Waals surface area contributed by atoms with E-state index in [9.17, 15) is 4.79 Å². The van der Waals surface area contributed by atoms with Crippen LogP contribution in [0.25, 0.3) is 0 Å². The third kappa shape index (κ3) is 4.53. The summed E-state index contributed by atoms with van der Waals surface area (Å²) in [5, 5.41) is 8.92. The second kappa shape index (κ2) is 7.29. The van der Waals surface area contributed by atoms with Gasteiger partial charge in [-0.3, -0.25) is 0 Å². The lowest BCUT2D eigenvalue weighted by molar-refractivity contribution is 0.120. The van der Waals surface area contributed by atoms with Gasteiger partial charge in [-0.1, -0.05) is 30.3 Å². The van der Waals surface area contributed by atoms with Gasteiger partial charge in [0.05, 0.1) is 0 Å². The van der Waals surface area contributed by atoms with Crippen molar-refractivity contribution < 1.29 is 9.90 Å². The van der Waals surface area contributed by atoms with Crippen LogP contribution in [0.4, 0.5) is 4.79 Å². The van der Waals surface area contributed by atoms with E-state index in [1.54, 1.807) is 0 Å². The topological polar surface area (TPSA) is 43.8 Å². The molecule has 0 aromatic heterocycles. The molecule has 0 spiro atoms. The summed E-state index contributed by atoms with van der Waals surface area (Å²) in [4.78, 5) is 14.7. The summed E-state index contributed by atoms with van der Waals surface area (Å²) in [6.07, 6.45) is 2.40. The van der Waals surface area contributed by atoms with Gasteiger partial charge in [-0.2, -0.15) is 0 Å². The van der Waals surface area contributed by atoms with E-state index >= 15 is 0 Å². The van der Waals surface area contributed by atoms with Crippen LogP contribution >= 0.6 is 0 Å². The predicted octanol–water partition coefficient (Wildman–Crippen LogP) is 2.90. The fourth-order valence-electron chi connectivity index (χ4n) is 2.79. The number of benzene rings is 1. The fourth-order valence-corrected chi connectivity index (χ4v) is 2.79. The van der Waals surface area contributed by atoms with E-state index in [0.29, 0.717) is 19.0 Å². The highest BCUT2D eigenvalue weighted by atomic mass is 16.4. The molecule has 1 heterocycles. The first-order chi connectivity index (χ1) is 9.65. The molecule has 1 fully saturated rings. The molecule has 0 atom stereocenters. The van der Waals surface area contributed by atoms with Gasteiger partial charge in [-0.05, 0) is 44.3 Å². The van der Waals surface area contributed by atoms with E-state index in [0.717, 1.165) is 32.4 Å². The normalized spacial score (nSPS) is 16.6. The molecule has 1 amide bonds. The average molecular weight is 276 g/mol. The Balaban J connectivity index is 1.67. The van der Waals surface area contributed by atoms with Crippen LogP contribution in [0.5, 0.6) is 0 Å². The minimum absolute atomic E-state index is 0.670. The Bertz CT molecular complexity index is 414. The third-order valence-electron chi connectivity index (χ3n) is 4.10. The molecule has 1 N–H and O–H groups in total. The fraction of sp³-hybridized carbons (Fsp3) is 0.562. The zero-order valence-corrected chi connectivity index (χ0v) is 12.2. The van der Waals surface area contributed by atoms with E-state index in [1.165, 1.54) is 10.5 Å². The van der Waals surface area contributed by atoms with Crippen LogP contribution < -0.4 is 0 Å². The van der Waals surface area contributed by atoms with E-state index < -0.39 is 6.09 Å². The number of carboxylic acid groups (broad SMARTS) is 1. The number of nitrogens with zero attached hydrogens (tertiary/aromatic N) is 2. The van der Waals surface area contributed by atoms with E-state index in [4.69, 9.17) is 5.11 Å². The lowest BCUT2D eigenvalue weighted by Crippen LogP contribution is -2.38. The Labute approximate surface area is 121 Å². The molecule has 1 aliphatic heterocycles. The molecule has 4 nitrogen and oxygen atoms in total. The van der Waals surface area contributed by atoms with Crippen molar-refractivity contribution in [2.75, 3.05) is 26.7 Å². The van der Waals surface area contributed by atoms with Crippen LogP contribution in [0.15, 0.2) is 30.3 Å². The lowest BCUT2D eigenvalue weighted by atomic mass is 9.93. The quantitative estimate of drug-likeness (QED) is 0.899. The maximum Gasteiger partial charge on any atom is 0.407 e. The maximum absolute atomic E-state index is 10.8. The smallest absolute Gasteiger partial charge is 0.407 e. The number of hydrogen-bond acceptors (Lipinski definition) is 2. The molecule has 1 aromatic carbocycles. The van der Waals surface area contributed by atoms with Gasteiger partial charge in [-0.25, -0.2) is 4.79 Å². The summed E-state index contributed by atoms with van der Waals surface area (Å²) in [5.74, 6) is 0.670. The van der Waals surface area contributed by atoms with Crippen molar-refractivity contribution in [2.24, 2.45) is 5.92 Å². The number of hydrogen-bond donors (Lipinski definition) is 1. The standard InChI is InChI=1S/C16H24N2O2/c1-17(13-15-5-3-2-4-6-15)10-7-14-8-11-18(12-9-14)16(19)20/h2-6,14H,7-13H2,1H3,(H,19,20). The molecular weight excluding hydrogens is 252 g/mol. The first-order valence-corrected chi connectivity index (χ1v) is 7.35. The minimum atomic E-state index is -0.773. The van der Waals surface area contributed by atoms with Gasteiger partial charge < -0.3 is 14.9 Å². The summed E-state index contributed by atoms with van der Waals surface area (Å²) in [7, 11) is 2.15. The van der Waals surface area contributed by atoms with E-state index in [-0.39, 0.29) is 0 Å². The lowest BCUT2D eigenvalue weighted by Gasteiger charge is -2.31. The van der Waals surface area contributed by atoms with Crippen LogP contribution in [-0.2, 0) is 6.54 Å². The van der Waals surface area contributed by atoms with Crippen molar-refractivity contribution in [3.63, 3.8) is 0 Å². The third-order valence-corrected chi connectivity index (χ3v) is 4.10. The Kier molecular flexibility index (Phi) is 5.41. The summed E-state index contributed by atoms with van der Waals surface area (Å²) in [6, 6.07) is 10.5. The molecule has 0 aliphatic carbocycles. The maximum atomic E-state index is 10.8. The molecule has 2 rings (SSSR count). The Morgan fingerprint density at radius 2 is 1.95 bits per heavy atom. The number of amides is 1. The Hall–Kier alpha value is -1.55. The predicted molar refractivity (Wildman–Crippen MR) is 79.7 cm³/mol. The van der Waals surface area contributed by atoms with Gasteiger partial charge in [0.15, 0.2) is 0 Å². The highest BCUT2D eigenvalue weighted by Crippen LogP contribution is 2.21. The second-order valence-corrected chi connectivity index (χ2v) is 5.73. The molecule has 0 saturated carbocycles. The molecule has 0 radical (unpaired) electrons. The van der Waals surface area contributed by atoms with Gasteiger partial charge in [-0.15, -0.1) is 0 Å². The van der Waals surface area contributed by atoms with Crippen molar-refractivity contribution >= 4 is 6.09 Å². The summed E-state index contributed by atoms with van der Waals surface area (Å²) in [5.41, 5.74) is 1.34. The van der Waals surface area contributed by atoms with Crippen LogP contribution in [-0.4, -0.2) is 47.7 Å². The van der Waals surface area contributed by atoms with Gasteiger partial charge in [0.1, 0.15) is 0 Å².